The molecule has 4 heteroatoms. The van der Waals surface area contributed by atoms with Crippen LogP contribution in [0.3, 0.4) is 0 Å². The summed E-state index contributed by atoms with van der Waals surface area (Å²) >= 11 is 0. The highest BCUT2D eigenvalue weighted by Gasteiger charge is 2.39. The Morgan fingerprint density at radius 2 is 1.78 bits per heavy atom. The lowest BCUT2D eigenvalue weighted by Gasteiger charge is -2.43. The molecule has 2 aliphatic carbocycles. The Balaban J connectivity index is 1.59. The van der Waals surface area contributed by atoms with Gasteiger partial charge in [0.05, 0.1) is 5.92 Å². The quantitative estimate of drug-likeness (QED) is 0.877. The predicted octanol–water partition coefficient (Wildman–Crippen LogP) is 3.12. The van der Waals surface area contributed by atoms with E-state index in [1.165, 1.54) is 12.0 Å². The van der Waals surface area contributed by atoms with Crippen LogP contribution >= 0.6 is 0 Å². The number of aliphatic carboxylic acids is 1. The van der Waals surface area contributed by atoms with Crippen LogP contribution in [-0.4, -0.2) is 23.5 Å². The van der Waals surface area contributed by atoms with Gasteiger partial charge in [0.25, 0.3) is 0 Å². The maximum atomic E-state index is 12.5. The molecule has 1 amide bonds. The van der Waals surface area contributed by atoms with Gasteiger partial charge in [-0.25, -0.2) is 0 Å². The van der Waals surface area contributed by atoms with Gasteiger partial charge in [-0.1, -0.05) is 43.2 Å². The van der Waals surface area contributed by atoms with Crippen LogP contribution in [0.5, 0.6) is 0 Å². The molecule has 0 heterocycles. The molecule has 4 nitrogen and oxygen atoms in total. The van der Waals surface area contributed by atoms with Crippen molar-refractivity contribution < 1.29 is 14.7 Å². The van der Waals surface area contributed by atoms with Gasteiger partial charge in [0.15, 0.2) is 0 Å². The summed E-state index contributed by atoms with van der Waals surface area (Å²) in [5, 5.41) is 12.3. The van der Waals surface area contributed by atoms with Crippen molar-refractivity contribution in [2.45, 2.75) is 50.4 Å². The van der Waals surface area contributed by atoms with Crippen molar-refractivity contribution in [3.63, 3.8) is 0 Å². The third kappa shape index (κ3) is 3.41. The van der Waals surface area contributed by atoms with Gasteiger partial charge in [-0.3, -0.25) is 9.59 Å². The molecule has 1 aromatic rings. The molecule has 2 atom stereocenters. The van der Waals surface area contributed by atoms with Gasteiger partial charge in [-0.2, -0.15) is 0 Å². The second kappa shape index (κ2) is 6.73. The average molecular weight is 315 g/mol. The summed E-state index contributed by atoms with van der Waals surface area (Å²) in [6, 6.07) is 10.4. The van der Waals surface area contributed by atoms with E-state index >= 15 is 0 Å². The minimum atomic E-state index is -0.762. The molecule has 2 N–H and O–H groups in total. The molecule has 3 rings (SSSR count). The first-order valence-corrected chi connectivity index (χ1v) is 8.67. The lowest BCUT2D eigenvalue weighted by Crippen LogP contribution is -2.47. The number of carbonyl (C=O) groups is 2. The number of amides is 1. The lowest BCUT2D eigenvalue weighted by molar-refractivity contribution is -0.144. The predicted molar refractivity (Wildman–Crippen MR) is 88.1 cm³/mol. The van der Waals surface area contributed by atoms with E-state index in [0.29, 0.717) is 19.4 Å². The SMILES string of the molecule is O=C(O)C1CCCC(C(=O)NCC2(c3ccccc3)CCC2)C1. The van der Waals surface area contributed by atoms with Crippen LogP contribution in [0.4, 0.5) is 0 Å². The van der Waals surface area contributed by atoms with Crippen molar-refractivity contribution in [1.29, 1.82) is 0 Å². The standard InChI is InChI=1S/C19H25NO3/c21-17(14-6-4-7-15(12-14)18(22)23)20-13-19(10-5-11-19)16-8-2-1-3-9-16/h1-3,8-9,14-15H,4-7,10-13H2,(H,20,21)(H,22,23). The molecule has 0 radical (unpaired) electrons. The first kappa shape index (κ1) is 16.0. The minimum absolute atomic E-state index is 0.0400. The highest BCUT2D eigenvalue weighted by Crippen LogP contribution is 2.43. The number of carboxylic acids is 1. The average Bonchev–Trinajstić information content (AvgIpc) is 2.55. The number of nitrogens with one attached hydrogen (secondary N) is 1. The fourth-order valence-electron chi connectivity index (χ4n) is 4.02. The molecule has 23 heavy (non-hydrogen) atoms. The normalized spacial score (nSPS) is 26.1. The summed E-state index contributed by atoms with van der Waals surface area (Å²) in [6.07, 6.45) is 6.26. The van der Waals surface area contributed by atoms with Gasteiger partial charge >= 0.3 is 5.97 Å². The number of hydrogen-bond acceptors (Lipinski definition) is 2. The molecule has 0 aromatic heterocycles. The van der Waals surface area contributed by atoms with Crippen LogP contribution < -0.4 is 5.32 Å². The Morgan fingerprint density at radius 1 is 1.09 bits per heavy atom. The van der Waals surface area contributed by atoms with Gasteiger partial charge in [-0.05, 0) is 37.7 Å². The van der Waals surface area contributed by atoms with Crippen LogP contribution in [0.2, 0.25) is 0 Å². The number of rotatable bonds is 5. The van der Waals surface area contributed by atoms with Gasteiger partial charge in [0.2, 0.25) is 5.91 Å². The first-order chi connectivity index (χ1) is 11.1. The van der Waals surface area contributed by atoms with E-state index in [0.717, 1.165) is 25.7 Å². The monoisotopic (exact) mass is 315 g/mol. The van der Waals surface area contributed by atoms with E-state index in [-0.39, 0.29) is 23.2 Å². The molecule has 2 fully saturated rings. The number of benzene rings is 1. The summed E-state index contributed by atoms with van der Waals surface area (Å²) < 4.78 is 0. The van der Waals surface area contributed by atoms with Crippen molar-refractivity contribution in [3.05, 3.63) is 35.9 Å². The number of carboxylic acid groups (broad SMARTS) is 1. The number of carbonyl (C=O) groups excluding carboxylic acids is 1. The highest BCUT2D eigenvalue weighted by molar-refractivity contribution is 5.80. The molecule has 0 aliphatic heterocycles. The zero-order valence-corrected chi connectivity index (χ0v) is 13.5. The molecule has 124 valence electrons. The second-order valence-electron chi connectivity index (χ2n) is 7.12. The van der Waals surface area contributed by atoms with E-state index in [1.54, 1.807) is 0 Å². The van der Waals surface area contributed by atoms with Crippen molar-refractivity contribution in [1.82, 2.24) is 5.32 Å². The van der Waals surface area contributed by atoms with Crippen LogP contribution in [0.1, 0.15) is 50.5 Å². The largest absolute Gasteiger partial charge is 0.481 e. The van der Waals surface area contributed by atoms with Crippen LogP contribution in [0, 0.1) is 11.8 Å². The van der Waals surface area contributed by atoms with Gasteiger partial charge in [0, 0.05) is 17.9 Å². The topological polar surface area (TPSA) is 66.4 Å². The maximum absolute atomic E-state index is 12.5. The molecule has 2 aliphatic rings. The molecule has 2 saturated carbocycles. The Labute approximate surface area is 137 Å². The van der Waals surface area contributed by atoms with Crippen molar-refractivity contribution in [3.8, 4) is 0 Å². The Morgan fingerprint density at radius 3 is 2.39 bits per heavy atom. The van der Waals surface area contributed by atoms with E-state index in [2.05, 4.69) is 29.6 Å². The van der Waals surface area contributed by atoms with Crippen molar-refractivity contribution in [2.75, 3.05) is 6.54 Å². The van der Waals surface area contributed by atoms with E-state index < -0.39 is 5.97 Å². The van der Waals surface area contributed by atoms with Gasteiger partial charge in [0.1, 0.15) is 0 Å². The second-order valence-corrected chi connectivity index (χ2v) is 7.12. The van der Waals surface area contributed by atoms with Crippen molar-refractivity contribution in [2.24, 2.45) is 11.8 Å². The van der Waals surface area contributed by atoms with Gasteiger partial charge in [-0.15, -0.1) is 0 Å². The fourth-order valence-corrected chi connectivity index (χ4v) is 4.02. The molecule has 0 spiro atoms. The Kier molecular flexibility index (Phi) is 4.69. The zero-order chi connectivity index (χ0) is 16.3. The molecule has 0 saturated heterocycles. The Bertz CT molecular complexity index is 565. The molecule has 1 aromatic carbocycles. The molecule has 2 unspecified atom stereocenters. The fraction of sp³-hybridized carbons (Fsp3) is 0.579. The van der Waals surface area contributed by atoms with Gasteiger partial charge < -0.3 is 10.4 Å². The summed E-state index contributed by atoms with van der Waals surface area (Å²) in [5.41, 5.74) is 1.39. The van der Waals surface area contributed by atoms with E-state index in [1.807, 2.05) is 6.07 Å². The summed E-state index contributed by atoms with van der Waals surface area (Å²) in [5.74, 6) is -1.22. The molecular formula is C19H25NO3. The molecular weight excluding hydrogens is 290 g/mol. The number of hydrogen-bond donors (Lipinski definition) is 2. The minimum Gasteiger partial charge on any atom is -0.481 e. The molecule has 0 bridgehead atoms. The van der Waals surface area contributed by atoms with Crippen molar-refractivity contribution >= 4 is 11.9 Å². The third-order valence-electron chi connectivity index (χ3n) is 5.69. The summed E-state index contributed by atoms with van der Waals surface area (Å²) in [7, 11) is 0. The summed E-state index contributed by atoms with van der Waals surface area (Å²) in [6.45, 7) is 0.671. The zero-order valence-electron chi connectivity index (χ0n) is 13.5. The van der Waals surface area contributed by atoms with Crippen LogP contribution in [0.15, 0.2) is 30.3 Å². The first-order valence-electron chi connectivity index (χ1n) is 8.67. The van der Waals surface area contributed by atoms with E-state index in [4.69, 9.17) is 5.11 Å². The summed E-state index contributed by atoms with van der Waals surface area (Å²) in [4.78, 5) is 23.6. The maximum Gasteiger partial charge on any atom is 0.306 e. The lowest BCUT2D eigenvalue weighted by atomic mass is 9.64. The third-order valence-corrected chi connectivity index (χ3v) is 5.69. The smallest absolute Gasteiger partial charge is 0.306 e. The van der Waals surface area contributed by atoms with Crippen LogP contribution in [-0.2, 0) is 15.0 Å². The highest BCUT2D eigenvalue weighted by atomic mass is 16.4. The van der Waals surface area contributed by atoms with Crippen LogP contribution in [0.25, 0.3) is 0 Å². The van der Waals surface area contributed by atoms with E-state index in [9.17, 15) is 9.59 Å². The Hall–Kier alpha value is -1.84.